The van der Waals surface area contributed by atoms with Crippen LogP contribution in [0, 0.1) is 35.4 Å². The molecule has 1 N–H and O–H groups in total. The Hall–Kier alpha value is -1.42. The van der Waals surface area contributed by atoms with Gasteiger partial charge >= 0.3 is 0 Å². The molecule has 1 heterocycles. The molecule has 1 aromatic rings. The lowest BCUT2D eigenvalue weighted by Gasteiger charge is -2.37. The fraction of sp³-hybridized carbons (Fsp3) is 0.767. The number of likely N-dealkylation sites (tertiary alicyclic amines) is 1. The van der Waals surface area contributed by atoms with Gasteiger partial charge in [-0.2, -0.15) is 0 Å². The maximum absolute atomic E-state index is 13.8. The molecule has 3 atom stereocenters. The van der Waals surface area contributed by atoms with Crippen molar-refractivity contribution in [1.82, 2.24) is 10.2 Å². The van der Waals surface area contributed by atoms with Crippen LogP contribution in [0.2, 0.25) is 0 Å². The van der Waals surface area contributed by atoms with Crippen LogP contribution < -0.4 is 5.32 Å². The number of rotatable bonds is 8. The molecule has 188 valence electrons. The van der Waals surface area contributed by atoms with Gasteiger partial charge in [0.1, 0.15) is 5.82 Å². The molecule has 3 aliphatic carbocycles. The quantitative estimate of drug-likeness (QED) is 0.481. The average Bonchev–Trinajstić information content (AvgIpc) is 3.42. The average molecular weight is 469 g/mol. The number of hydrogen-bond donors (Lipinski definition) is 1. The van der Waals surface area contributed by atoms with Gasteiger partial charge in [-0.05, 0) is 99.3 Å². The molecule has 4 fully saturated rings. The van der Waals surface area contributed by atoms with E-state index in [9.17, 15) is 9.18 Å². The third-order valence-electron chi connectivity index (χ3n) is 9.71. The second-order valence-electron chi connectivity index (χ2n) is 11.9. The van der Waals surface area contributed by atoms with E-state index in [0.717, 1.165) is 37.4 Å². The van der Waals surface area contributed by atoms with Crippen molar-refractivity contribution in [1.29, 1.82) is 0 Å². The zero-order valence-electron chi connectivity index (χ0n) is 21.0. The first-order valence-corrected chi connectivity index (χ1v) is 14.4. The lowest BCUT2D eigenvalue weighted by molar-refractivity contribution is -0.131. The zero-order chi connectivity index (χ0) is 23.3. The van der Waals surface area contributed by atoms with Crippen molar-refractivity contribution in [3.8, 4) is 0 Å². The summed E-state index contributed by atoms with van der Waals surface area (Å²) in [6.45, 7) is 3.38. The summed E-state index contributed by atoms with van der Waals surface area (Å²) in [5.41, 5.74) is 1.10. The second-order valence-corrected chi connectivity index (χ2v) is 11.9. The van der Waals surface area contributed by atoms with Crippen LogP contribution in [0.5, 0.6) is 0 Å². The summed E-state index contributed by atoms with van der Waals surface area (Å²) in [6, 6.07) is 7.40. The van der Waals surface area contributed by atoms with Crippen LogP contribution in [-0.2, 0) is 11.2 Å². The molecule has 34 heavy (non-hydrogen) atoms. The number of nitrogens with one attached hydrogen (secondary N) is 1. The molecule has 5 rings (SSSR count). The molecular weight excluding hydrogens is 423 g/mol. The van der Waals surface area contributed by atoms with Crippen LogP contribution >= 0.6 is 0 Å². The minimum atomic E-state index is -0.133. The summed E-state index contributed by atoms with van der Waals surface area (Å²) < 4.78 is 13.4. The molecule has 0 radical (unpaired) electrons. The SMILES string of the molecule is O=C(N[C@H]1CC[C@H]2CN(CCCc3cccc(F)c3)C[C@H]21)C(C1CCCCC1)C1CCCCC1. The Morgan fingerprint density at radius 1 is 0.941 bits per heavy atom. The lowest BCUT2D eigenvalue weighted by Crippen LogP contribution is -2.47. The van der Waals surface area contributed by atoms with Crippen molar-refractivity contribution in [3.63, 3.8) is 0 Å². The number of amides is 1. The smallest absolute Gasteiger partial charge is 0.223 e. The number of fused-ring (bicyclic) bond motifs is 1. The van der Waals surface area contributed by atoms with E-state index in [-0.39, 0.29) is 11.7 Å². The Labute approximate surface area is 206 Å². The van der Waals surface area contributed by atoms with E-state index >= 15 is 0 Å². The molecule has 0 spiro atoms. The Balaban J connectivity index is 1.14. The van der Waals surface area contributed by atoms with Gasteiger partial charge in [0.2, 0.25) is 5.91 Å². The van der Waals surface area contributed by atoms with Crippen LogP contribution in [0.1, 0.15) is 89.0 Å². The number of benzene rings is 1. The van der Waals surface area contributed by atoms with E-state index in [1.807, 2.05) is 12.1 Å². The van der Waals surface area contributed by atoms with E-state index < -0.39 is 0 Å². The largest absolute Gasteiger partial charge is 0.353 e. The van der Waals surface area contributed by atoms with Gasteiger partial charge in [0.15, 0.2) is 0 Å². The third kappa shape index (κ3) is 5.86. The fourth-order valence-electron chi connectivity index (χ4n) is 8.00. The van der Waals surface area contributed by atoms with Gasteiger partial charge in [0.25, 0.3) is 0 Å². The third-order valence-corrected chi connectivity index (χ3v) is 9.71. The molecule has 3 nitrogen and oxygen atoms in total. The summed E-state index contributed by atoms with van der Waals surface area (Å²) in [5, 5.41) is 3.65. The van der Waals surface area contributed by atoms with Gasteiger partial charge in [-0.25, -0.2) is 4.39 Å². The number of nitrogens with zero attached hydrogens (tertiary/aromatic N) is 1. The highest BCUT2D eigenvalue weighted by Gasteiger charge is 2.44. The predicted molar refractivity (Wildman–Crippen MR) is 136 cm³/mol. The van der Waals surface area contributed by atoms with E-state index in [0.29, 0.717) is 29.7 Å². The Kier molecular flexibility index (Phi) is 8.24. The maximum Gasteiger partial charge on any atom is 0.223 e. The highest BCUT2D eigenvalue weighted by atomic mass is 19.1. The van der Waals surface area contributed by atoms with E-state index in [1.54, 1.807) is 6.07 Å². The molecule has 1 aliphatic heterocycles. The van der Waals surface area contributed by atoms with Gasteiger partial charge in [-0.1, -0.05) is 50.7 Å². The summed E-state index contributed by atoms with van der Waals surface area (Å²) >= 11 is 0. The molecule has 4 heteroatoms. The topological polar surface area (TPSA) is 32.3 Å². The minimum Gasteiger partial charge on any atom is -0.353 e. The maximum atomic E-state index is 13.8. The Morgan fingerprint density at radius 3 is 2.32 bits per heavy atom. The minimum absolute atomic E-state index is 0.133. The first kappa shape index (κ1) is 24.3. The fourth-order valence-corrected chi connectivity index (χ4v) is 8.00. The highest BCUT2D eigenvalue weighted by Crippen LogP contribution is 2.42. The predicted octanol–water partition coefficient (Wildman–Crippen LogP) is 6.36. The van der Waals surface area contributed by atoms with Crippen molar-refractivity contribution in [2.75, 3.05) is 19.6 Å². The summed E-state index contributed by atoms with van der Waals surface area (Å²) in [5.74, 6) is 3.15. The molecule has 4 aliphatic rings. The van der Waals surface area contributed by atoms with Gasteiger partial charge in [0, 0.05) is 25.0 Å². The number of aryl methyl sites for hydroxylation is 1. The summed E-state index contributed by atoms with van der Waals surface area (Å²) in [4.78, 5) is 16.4. The van der Waals surface area contributed by atoms with Crippen molar-refractivity contribution in [2.24, 2.45) is 29.6 Å². The molecule has 1 amide bonds. The van der Waals surface area contributed by atoms with Crippen LogP contribution in [0.3, 0.4) is 0 Å². The second kappa shape index (κ2) is 11.5. The van der Waals surface area contributed by atoms with Gasteiger partial charge < -0.3 is 10.2 Å². The van der Waals surface area contributed by atoms with E-state index in [4.69, 9.17) is 0 Å². The van der Waals surface area contributed by atoms with Crippen molar-refractivity contribution >= 4 is 5.91 Å². The number of carbonyl (C=O) groups excluding carboxylic acids is 1. The lowest BCUT2D eigenvalue weighted by atomic mass is 9.69. The molecule has 3 saturated carbocycles. The summed E-state index contributed by atoms with van der Waals surface area (Å²) in [7, 11) is 0. The number of halogens is 1. The van der Waals surface area contributed by atoms with Crippen LogP contribution in [0.15, 0.2) is 24.3 Å². The normalized spacial score (nSPS) is 28.9. The molecular formula is C30H45FN2O. The number of hydrogen-bond acceptors (Lipinski definition) is 2. The number of carbonyl (C=O) groups is 1. The highest BCUT2D eigenvalue weighted by molar-refractivity contribution is 5.79. The Bertz CT molecular complexity index is 783. The van der Waals surface area contributed by atoms with Gasteiger partial charge in [-0.15, -0.1) is 0 Å². The molecule has 0 unspecified atom stereocenters. The van der Waals surface area contributed by atoms with Crippen molar-refractivity contribution in [2.45, 2.75) is 95.9 Å². The first-order valence-electron chi connectivity index (χ1n) is 14.4. The molecule has 0 bridgehead atoms. The molecule has 1 saturated heterocycles. The van der Waals surface area contributed by atoms with Crippen molar-refractivity contribution < 1.29 is 9.18 Å². The van der Waals surface area contributed by atoms with Crippen LogP contribution in [0.25, 0.3) is 0 Å². The van der Waals surface area contributed by atoms with Gasteiger partial charge in [-0.3, -0.25) is 4.79 Å². The van der Waals surface area contributed by atoms with Crippen LogP contribution in [-0.4, -0.2) is 36.5 Å². The van der Waals surface area contributed by atoms with Gasteiger partial charge in [0.05, 0.1) is 0 Å². The Morgan fingerprint density at radius 2 is 1.65 bits per heavy atom. The summed E-state index contributed by atoms with van der Waals surface area (Å²) in [6.07, 6.45) is 17.5. The van der Waals surface area contributed by atoms with E-state index in [1.165, 1.54) is 89.7 Å². The van der Waals surface area contributed by atoms with Crippen LogP contribution in [0.4, 0.5) is 4.39 Å². The molecule has 0 aromatic heterocycles. The first-order chi connectivity index (χ1) is 16.7. The zero-order valence-corrected chi connectivity index (χ0v) is 21.0. The van der Waals surface area contributed by atoms with Crippen molar-refractivity contribution in [3.05, 3.63) is 35.6 Å². The molecule has 1 aromatic carbocycles. The van der Waals surface area contributed by atoms with E-state index in [2.05, 4.69) is 10.2 Å². The monoisotopic (exact) mass is 468 g/mol. The standard InChI is InChI=1S/C30H45FN2O/c31-26-15-7-9-22(19-26)10-8-18-33-20-25-16-17-28(27(25)21-33)32-30(34)29(23-11-3-1-4-12-23)24-13-5-2-6-14-24/h7,9,15,19,23-25,27-29H,1-6,8,10-14,16-18,20-21H2,(H,32,34)/t25-,27+,28-/m0/s1.